The molecule has 1 saturated heterocycles. The third-order valence-corrected chi connectivity index (χ3v) is 3.33. The summed E-state index contributed by atoms with van der Waals surface area (Å²) in [5, 5.41) is 10.7. The topological polar surface area (TPSA) is 85.6 Å². The number of rotatable bonds is 3. The molecular formula is C11H12ClN3O4. The number of halogens is 1. The van der Waals surface area contributed by atoms with Crippen LogP contribution < -0.4 is 0 Å². The molecule has 1 aromatic rings. The molecule has 8 heteroatoms. The number of pyridine rings is 1. The number of carbonyl (C=O) groups excluding carboxylic acids is 1. The smallest absolute Gasteiger partial charge is 0.288 e. The lowest BCUT2D eigenvalue weighted by molar-refractivity contribution is -0.385. The zero-order valence-corrected chi connectivity index (χ0v) is 11.0. The molecule has 2 heterocycles. The number of carbonyl (C=O) groups is 1. The Labute approximate surface area is 114 Å². The summed E-state index contributed by atoms with van der Waals surface area (Å²) in [6.07, 6.45) is 1.76. The van der Waals surface area contributed by atoms with Crippen LogP contribution in [-0.2, 0) is 4.74 Å². The molecule has 7 nitrogen and oxygen atoms in total. The summed E-state index contributed by atoms with van der Waals surface area (Å²) in [7, 11) is 1.58. The normalized spacial score (nSPS) is 18.6. The molecule has 1 atom stereocenters. The van der Waals surface area contributed by atoms with Crippen LogP contribution in [0.25, 0.3) is 0 Å². The highest BCUT2D eigenvalue weighted by atomic mass is 35.5. The van der Waals surface area contributed by atoms with Crippen LogP contribution in [0.15, 0.2) is 12.3 Å². The van der Waals surface area contributed by atoms with Crippen molar-refractivity contribution in [2.45, 2.75) is 12.5 Å². The van der Waals surface area contributed by atoms with E-state index in [1.807, 2.05) is 0 Å². The first kappa shape index (κ1) is 13.7. The predicted molar refractivity (Wildman–Crippen MR) is 67.2 cm³/mol. The minimum atomic E-state index is -0.609. The number of nitrogens with zero attached hydrogens (tertiary/aromatic N) is 3. The number of nitro groups is 1. The maximum atomic E-state index is 12.2. The maximum Gasteiger partial charge on any atom is 0.288 e. The standard InChI is InChI=1S/C11H12ClN3O4/c1-19-8-2-3-14(6-8)11(16)9-4-7(15(17)18)5-13-10(9)12/h4-5,8H,2-3,6H2,1H3. The second kappa shape index (κ2) is 5.50. The Kier molecular flexibility index (Phi) is 3.96. The van der Waals surface area contributed by atoms with Gasteiger partial charge in [-0.15, -0.1) is 0 Å². The number of likely N-dealkylation sites (tertiary alicyclic amines) is 1. The maximum absolute atomic E-state index is 12.2. The van der Waals surface area contributed by atoms with E-state index in [1.54, 1.807) is 12.0 Å². The number of ether oxygens (including phenoxy) is 1. The second-order valence-corrected chi connectivity index (χ2v) is 4.54. The predicted octanol–water partition coefficient (Wildman–Crippen LogP) is 1.50. The Morgan fingerprint density at radius 3 is 3.00 bits per heavy atom. The third-order valence-electron chi connectivity index (χ3n) is 3.03. The SMILES string of the molecule is COC1CCN(C(=O)c2cc([N+](=O)[O-])cnc2Cl)C1. The van der Waals surface area contributed by atoms with Crippen molar-refractivity contribution in [3.8, 4) is 0 Å². The molecule has 102 valence electrons. The van der Waals surface area contributed by atoms with Crippen LogP contribution >= 0.6 is 11.6 Å². The van der Waals surface area contributed by atoms with E-state index in [4.69, 9.17) is 16.3 Å². The van der Waals surface area contributed by atoms with Gasteiger partial charge in [0.1, 0.15) is 11.3 Å². The van der Waals surface area contributed by atoms with E-state index >= 15 is 0 Å². The molecular weight excluding hydrogens is 274 g/mol. The van der Waals surface area contributed by atoms with Gasteiger partial charge in [0.05, 0.1) is 16.6 Å². The third kappa shape index (κ3) is 2.82. The van der Waals surface area contributed by atoms with E-state index in [1.165, 1.54) is 0 Å². The highest BCUT2D eigenvalue weighted by Gasteiger charge is 2.29. The van der Waals surface area contributed by atoms with Crippen molar-refractivity contribution >= 4 is 23.2 Å². The summed E-state index contributed by atoms with van der Waals surface area (Å²) in [5.41, 5.74) is -0.206. The van der Waals surface area contributed by atoms with Crippen LogP contribution in [0.2, 0.25) is 5.15 Å². The number of methoxy groups -OCH3 is 1. The quantitative estimate of drug-likeness (QED) is 0.477. The van der Waals surface area contributed by atoms with Gasteiger partial charge in [-0.25, -0.2) is 4.98 Å². The molecule has 0 bridgehead atoms. The molecule has 1 amide bonds. The van der Waals surface area contributed by atoms with E-state index < -0.39 is 4.92 Å². The first-order valence-electron chi connectivity index (χ1n) is 5.65. The molecule has 1 unspecified atom stereocenters. The first-order chi connectivity index (χ1) is 9.02. The van der Waals surface area contributed by atoms with Crippen LogP contribution in [-0.4, -0.2) is 47.0 Å². The van der Waals surface area contributed by atoms with Crippen molar-refractivity contribution in [2.24, 2.45) is 0 Å². The van der Waals surface area contributed by atoms with Gasteiger partial charge in [-0.2, -0.15) is 0 Å². The molecule has 1 fully saturated rings. The molecule has 0 radical (unpaired) electrons. The molecule has 1 aliphatic rings. The molecule has 0 N–H and O–H groups in total. The highest BCUT2D eigenvalue weighted by molar-refractivity contribution is 6.32. The van der Waals surface area contributed by atoms with Gasteiger partial charge in [-0.1, -0.05) is 11.6 Å². The van der Waals surface area contributed by atoms with Gasteiger partial charge in [0.25, 0.3) is 11.6 Å². The highest BCUT2D eigenvalue weighted by Crippen LogP contribution is 2.23. The van der Waals surface area contributed by atoms with Crippen molar-refractivity contribution in [3.05, 3.63) is 33.1 Å². The Hall–Kier alpha value is -1.73. The fourth-order valence-electron chi connectivity index (χ4n) is 1.96. The van der Waals surface area contributed by atoms with Gasteiger partial charge >= 0.3 is 0 Å². The van der Waals surface area contributed by atoms with Gasteiger partial charge in [0, 0.05) is 26.3 Å². The van der Waals surface area contributed by atoms with E-state index in [0.717, 1.165) is 18.7 Å². The largest absolute Gasteiger partial charge is 0.380 e. The summed E-state index contributed by atoms with van der Waals surface area (Å²) >= 11 is 5.83. The van der Waals surface area contributed by atoms with E-state index in [-0.39, 0.29) is 28.4 Å². The summed E-state index contributed by atoms with van der Waals surface area (Å²) in [6, 6.07) is 1.15. The summed E-state index contributed by atoms with van der Waals surface area (Å²) < 4.78 is 5.17. The van der Waals surface area contributed by atoms with E-state index in [0.29, 0.717) is 13.1 Å². The van der Waals surface area contributed by atoms with Crippen molar-refractivity contribution in [3.63, 3.8) is 0 Å². The van der Waals surface area contributed by atoms with Gasteiger partial charge in [0.15, 0.2) is 0 Å². The van der Waals surface area contributed by atoms with Gasteiger partial charge in [-0.05, 0) is 6.42 Å². The van der Waals surface area contributed by atoms with Crippen molar-refractivity contribution in [1.82, 2.24) is 9.88 Å². The molecule has 2 rings (SSSR count). The minimum Gasteiger partial charge on any atom is -0.380 e. The minimum absolute atomic E-state index is 0.00520. The summed E-state index contributed by atoms with van der Waals surface area (Å²) in [4.78, 5) is 27.5. The molecule has 1 aromatic heterocycles. The number of amides is 1. The van der Waals surface area contributed by atoms with Crippen LogP contribution in [0.5, 0.6) is 0 Å². The fraction of sp³-hybridized carbons (Fsp3) is 0.455. The van der Waals surface area contributed by atoms with Crippen LogP contribution in [0.4, 0.5) is 5.69 Å². The van der Waals surface area contributed by atoms with Crippen LogP contribution in [0.1, 0.15) is 16.8 Å². The van der Waals surface area contributed by atoms with Crippen molar-refractivity contribution < 1.29 is 14.5 Å². The number of hydrogen-bond donors (Lipinski definition) is 0. The lowest BCUT2D eigenvalue weighted by Crippen LogP contribution is -2.30. The van der Waals surface area contributed by atoms with Crippen molar-refractivity contribution in [1.29, 1.82) is 0 Å². The molecule has 0 aromatic carbocycles. The van der Waals surface area contributed by atoms with Crippen LogP contribution in [0, 0.1) is 10.1 Å². The van der Waals surface area contributed by atoms with E-state index in [9.17, 15) is 14.9 Å². The average molecular weight is 286 g/mol. The number of hydrogen-bond acceptors (Lipinski definition) is 5. The summed E-state index contributed by atoms with van der Waals surface area (Å²) in [6.45, 7) is 0.991. The number of aromatic nitrogens is 1. The Bertz CT molecular complexity index is 523. The molecule has 0 saturated carbocycles. The Morgan fingerprint density at radius 2 is 2.42 bits per heavy atom. The first-order valence-corrected chi connectivity index (χ1v) is 6.02. The van der Waals surface area contributed by atoms with Gasteiger partial charge in [0.2, 0.25) is 0 Å². The summed E-state index contributed by atoms with van der Waals surface area (Å²) in [5.74, 6) is -0.360. The lowest BCUT2D eigenvalue weighted by atomic mass is 10.2. The van der Waals surface area contributed by atoms with Gasteiger partial charge in [-0.3, -0.25) is 14.9 Å². The van der Waals surface area contributed by atoms with E-state index in [2.05, 4.69) is 4.98 Å². The van der Waals surface area contributed by atoms with Gasteiger partial charge < -0.3 is 9.64 Å². The Balaban J connectivity index is 2.24. The lowest BCUT2D eigenvalue weighted by Gasteiger charge is -2.16. The monoisotopic (exact) mass is 285 g/mol. The zero-order valence-electron chi connectivity index (χ0n) is 10.2. The second-order valence-electron chi connectivity index (χ2n) is 4.19. The van der Waals surface area contributed by atoms with Crippen molar-refractivity contribution in [2.75, 3.05) is 20.2 Å². The molecule has 1 aliphatic heterocycles. The fourth-order valence-corrected chi connectivity index (χ4v) is 2.15. The average Bonchev–Trinajstić information content (AvgIpc) is 2.87. The Morgan fingerprint density at radius 1 is 1.68 bits per heavy atom. The van der Waals surface area contributed by atoms with Crippen LogP contribution in [0.3, 0.4) is 0 Å². The molecule has 0 aliphatic carbocycles. The zero-order chi connectivity index (χ0) is 14.0. The molecule has 0 spiro atoms. The molecule has 19 heavy (non-hydrogen) atoms.